The van der Waals surface area contributed by atoms with Gasteiger partial charge in [0.05, 0.1) is 0 Å². The molecule has 0 unspecified atom stereocenters. The molecule has 0 aromatic heterocycles. The van der Waals surface area contributed by atoms with Gasteiger partial charge in [-0.3, -0.25) is 0 Å². The number of hydrogen-bond acceptors (Lipinski definition) is 0. The smallest absolute Gasteiger partial charge is 0.0147 e. The van der Waals surface area contributed by atoms with Crippen LogP contribution in [0.5, 0.6) is 0 Å². The van der Waals surface area contributed by atoms with Crippen molar-refractivity contribution >= 4 is 6.08 Å². The van der Waals surface area contributed by atoms with Gasteiger partial charge in [0.2, 0.25) is 0 Å². The van der Waals surface area contributed by atoms with E-state index in [1.54, 1.807) is 0 Å². The molecule has 0 aliphatic rings. The number of benzene rings is 2. The Hall–Kier alpha value is -2.60. The van der Waals surface area contributed by atoms with Crippen LogP contribution in [0.3, 0.4) is 0 Å². The molecule has 0 spiro atoms. The first kappa shape index (κ1) is 20.7. The van der Waals surface area contributed by atoms with Gasteiger partial charge < -0.3 is 0 Å². The van der Waals surface area contributed by atoms with Crippen LogP contribution in [0, 0.1) is 6.92 Å². The lowest BCUT2D eigenvalue weighted by molar-refractivity contribution is 0.637. The summed E-state index contributed by atoms with van der Waals surface area (Å²) in [6, 6.07) is 11.4. The summed E-state index contributed by atoms with van der Waals surface area (Å²) >= 11 is 0. The van der Waals surface area contributed by atoms with Crippen LogP contribution in [-0.4, -0.2) is 0 Å². The minimum atomic E-state index is -0.117. The van der Waals surface area contributed by atoms with E-state index in [-0.39, 0.29) is 5.41 Å². The van der Waals surface area contributed by atoms with Gasteiger partial charge in [-0.25, -0.2) is 0 Å². The summed E-state index contributed by atoms with van der Waals surface area (Å²) in [5, 5.41) is 0. The second kappa shape index (κ2) is 8.86. The SMILES string of the molecule is C=CCc1cc(C=C)cc(C(C)(C)c2cc(CC=C)c(C)c(CC=C)c2)c1. The molecule has 140 valence electrons. The van der Waals surface area contributed by atoms with Crippen molar-refractivity contribution in [2.24, 2.45) is 0 Å². The van der Waals surface area contributed by atoms with Gasteiger partial charge in [0.15, 0.2) is 0 Å². The maximum atomic E-state index is 3.97. The maximum Gasteiger partial charge on any atom is 0.0147 e. The molecule has 2 aromatic rings. The lowest BCUT2D eigenvalue weighted by Crippen LogP contribution is -2.20. The predicted molar refractivity (Wildman–Crippen MR) is 122 cm³/mol. The van der Waals surface area contributed by atoms with Crippen molar-refractivity contribution in [3.05, 3.63) is 114 Å². The first-order valence-electron chi connectivity index (χ1n) is 9.59. The van der Waals surface area contributed by atoms with Gasteiger partial charge in [0.25, 0.3) is 0 Å². The molecule has 0 heterocycles. The molecule has 27 heavy (non-hydrogen) atoms. The van der Waals surface area contributed by atoms with Crippen LogP contribution in [0.4, 0.5) is 0 Å². The second-order valence-corrected chi connectivity index (χ2v) is 7.69. The van der Waals surface area contributed by atoms with Gasteiger partial charge in [-0.15, -0.1) is 19.7 Å². The van der Waals surface area contributed by atoms with Gasteiger partial charge in [0, 0.05) is 5.41 Å². The quantitative estimate of drug-likeness (QED) is 0.418. The van der Waals surface area contributed by atoms with Gasteiger partial charge in [0.1, 0.15) is 0 Å². The highest BCUT2D eigenvalue weighted by Crippen LogP contribution is 2.35. The fraction of sp³-hybridized carbons (Fsp3) is 0.259. The summed E-state index contributed by atoms with van der Waals surface area (Å²) in [4.78, 5) is 0. The molecular weight excluding hydrogens is 324 g/mol. The Balaban J connectivity index is 2.66. The first-order chi connectivity index (χ1) is 12.9. The third-order valence-corrected chi connectivity index (χ3v) is 5.43. The topological polar surface area (TPSA) is 0 Å². The highest BCUT2D eigenvalue weighted by Gasteiger charge is 2.25. The lowest BCUT2D eigenvalue weighted by Gasteiger charge is -2.29. The summed E-state index contributed by atoms with van der Waals surface area (Å²) in [7, 11) is 0. The fourth-order valence-corrected chi connectivity index (χ4v) is 3.58. The van der Waals surface area contributed by atoms with Crippen molar-refractivity contribution in [3.8, 4) is 0 Å². The molecule has 0 radical (unpaired) electrons. The second-order valence-electron chi connectivity index (χ2n) is 7.69. The summed E-state index contributed by atoms with van der Waals surface area (Å²) in [6.45, 7) is 22.5. The van der Waals surface area contributed by atoms with E-state index in [0.717, 1.165) is 24.8 Å². The van der Waals surface area contributed by atoms with Crippen LogP contribution in [0.25, 0.3) is 6.08 Å². The van der Waals surface area contributed by atoms with Crippen molar-refractivity contribution in [3.63, 3.8) is 0 Å². The standard InChI is InChI=1S/C27H32/c1-8-12-22-15-21(11-4)16-25(17-22)27(6,7)26-18-23(13-9-2)20(5)24(19-26)14-10-3/h8-11,15-19H,1-4,12-14H2,5-7H3. The molecule has 2 rings (SSSR count). The largest absolute Gasteiger partial charge is 0.103 e. The third kappa shape index (κ3) is 4.57. The normalized spacial score (nSPS) is 11.1. The average Bonchev–Trinajstić information content (AvgIpc) is 2.65. The van der Waals surface area contributed by atoms with E-state index in [4.69, 9.17) is 0 Å². The third-order valence-electron chi connectivity index (χ3n) is 5.43. The van der Waals surface area contributed by atoms with Crippen LogP contribution in [0.1, 0.15) is 52.8 Å². The van der Waals surface area contributed by atoms with E-state index in [9.17, 15) is 0 Å². The molecule has 0 aliphatic carbocycles. The fourth-order valence-electron chi connectivity index (χ4n) is 3.58. The zero-order valence-corrected chi connectivity index (χ0v) is 17.1. The summed E-state index contributed by atoms with van der Waals surface area (Å²) < 4.78 is 0. The Morgan fingerprint density at radius 3 is 1.74 bits per heavy atom. The Morgan fingerprint density at radius 2 is 1.26 bits per heavy atom. The molecule has 0 aliphatic heterocycles. The Labute approximate surface area is 165 Å². The monoisotopic (exact) mass is 356 g/mol. The van der Waals surface area contributed by atoms with Crippen LogP contribution in [0.15, 0.2) is 74.9 Å². The number of hydrogen-bond donors (Lipinski definition) is 0. The lowest BCUT2D eigenvalue weighted by atomic mass is 9.75. The Morgan fingerprint density at radius 1 is 0.741 bits per heavy atom. The van der Waals surface area contributed by atoms with Crippen molar-refractivity contribution in [2.75, 3.05) is 0 Å². The molecule has 0 atom stereocenters. The minimum absolute atomic E-state index is 0.117. The van der Waals surface area contributed by atoms with Crippen molar-refractivity contribution in [2.45, 2.75) is 45.4 Å². The van der Waals surface area contributed by atoms with E-state index in [0.29, 0.717) is 0 Å². The van der Waals surface area contributed by atoms with Crippen LogP contribution < -0.4 is 0 Å². The van der Waals surface area contributed by atoms with Crippen molar-refractivity contribution in [1.29, 1.82) is 0 Å². The maximum absolute atomic E-state index is 3.97. The Bertz CT molecular complexity index is 831. The molecule has 0 fully saturated rings. The molecule has 0 N–H and O–H groups in total. The highest BCUT2D eigenvalue weighted by atomic mass is 14.3. The van der Waals surface area contributed by atoms with Crippen molar-refractivity contribution in [1.82, 2.24) is 0 Å². The summed E-state index contributed by atoms with van der Waals surface area (Å²) in [5.74, 6) is 0. The molecule has 0 saturated heterocycles. The molecule has 0 bridgehead atoms. The first-order valence-corrected chi connectivity index (χ1v) is 9.59. The minimum Gasteiger partial charge on any atom is -0.103 e. The van der Waals surface area contributed by atoms with Crippen LogP contribution >= 0.6 is 0 Å². The molecular formula is C27H32. The van der Waals surface area contributed by atoms with E-state index in [1.807, 2.05) is 24.3 Å². The van der Waals surface area contributed by atoms with Crippen molar-refractivity contribution < 1.29 is 0 Å². The zero-order chi connectivity index (χ0) is 20.0. The van der Waals surface area contributed by atoms with E-state index >= 15 is 0 Å². The highest BCUT2D eigenvalue weighted by molar-refractivity contribution is 5.54. The summed E-state index contributed by atoms with van der Waals surface area (Å²) in [5.41, 5.74) is 8.98. The predicted octanol–water partition coefficient (Wildman–Crippen LogP) is 7.15. The van der Waals surface area contributed by atoms with Gasteiger partial charge in [-0.2, -0.15) is 0 Å². The molecule has 0 heteroatoms. The van der Waals surface area contributed by atoms with E-state index < -0.39 is 0 Å². The average molecular weight is 357 g/mol. The number of allylic oxidation sites excluding steroid dienone is 3. The Kier molecular flexibility index (Phi) is 6.80. The molecule has 0 nitrogen and oxygen atoms in total. The molecule has 0 saturated carbocycles. The number of rotatable bonds is 9. The van der Waals surface area contributed by atoms with Gasteiger partial charge >= 0.3 is 0 Å². The van der Waals surface area contributed by atoms with Crippen LogP contribution in [-0.2, 0) is 24.7 Å². The van der Waals surface area contributed by atoms with Gasteiger partial charge in [-0.05, 0) is 65.1 Å². The molecule has 2 aromatic carbocycles. The van der Waals surface area contributed by atoms with E-state index in [1.165, 1.54) is 33.4 Å². The summed E-state index contributed by atoms with van der Waals surface area (Å²) in [6.07, 6.45) is 10.5. The van der Waals surface area contributed by atoms with Gasteiger partial charge in [-0.1, -0.05) is 75.1 Å². The van der Waals surface area contributed by atoms with Crippen LogP contribution in [0.2, 0.25) is 0 Å². The zero-order valence-electron chi connectivity index (χ0n) is 17.1. The molecule has 0 amide bonds. The van der Waals surface area contributed by atoms with E-state index in [2.05, 4.69) is 77.4 Å².